The lowest BCUT2D eigenvalue weighted by molar-refractivity contribution is -0.113. The Kier molecular flexibility index (Phi) is 3.82. The first-order valence-corrected chi connectivity index (χ1v) is 8.70. The van der Waals surface area contributed by atoms with E-state index in [-0.39, 0.29) is 17.9 Å². The molecule has 0 aliphatic carbocycles. The number of halogens is 1. The number of fused-ring (bicyclic) bond motifs is 1. The smallest absolute Gasteiger partial charge is 0.271 e. The summed E-state index contributed by atoms with van der Waals surface area (Å²) < 4.78 is 11.6. The Balaban J connectivity index is 1.65. The number of thioether (sulfide) groups is 1. The van der Waals surface area contributed by atoms with Crippen molar-refractivity contribution >= 4 is 50.5 Å². The Bertz CT molecular complexity index is 880. The molecule has 2 aliphatic rings. The van der Waals surface area contributed by atoms with Crippen molar-refractivity contribution in [2.45, 2.75) is 0 Å². The van der Waals surface area contributed by atoms with Gasteiger partial charge in [0.05, 0.1) is 10.6 Å². The van der Waals surface area contributed by atoms with Crippen LogP contribution in [0.4, 0.5) is 5.69 Å². The largest absolute Gasteiger partial charge is 0.454 e. The predicted molar refractivity (Wildman–Crippen MR) is 97.5 cm³/mol. The van der Waals surface area contributed by atoms with E-state index in [4.69, 9.17) is 14.9 Å². The zero-order valence-electron chi connectivity index (χ0n) is 12.3. The van der Waals surface area contributed by atoms with E-state index in [1.54, 1.807) is 24.3 Å². The Labute approximate surface area is 150 Å². The minimum Gasteiger partial charge on any atom is -0.454 e. The number of amidine groups is 1. The molecule has 0 saturated carbocycles. The van der Waals surface area contributed by atoms with Gasteiger partial charge in [-0.3, -0.25) is 15.1 Å². The van der Waals surface area contributed by atoms with Crippen LogP contribution in [0.15, 0.2) is 51.8 Å². The molecule has 7 heteroatoms. The van der Waals surface area contributed by atoms with Crippen LogP contribution in [0.5, 0.6) is 11.5 Å². The van der Waals surface area contributed by atoms with E-state index >= 15 is 0 Å². The van der Waals surface area contributed by atoms with Gasteiger partial charge in [-0.05, 0) is 47.7 Å². The molecule has 1 saturated heterocycles. The Morgan fingerprint density at radius 1 is 1.12 bits per heavy atom. The lowest BCUT2D eigenvalue weighted by atomic mass is 10.2. The quantitative estimate of drug-likeness (QED) is 0.763. The van der Waals surface area contributed by atoms with Gasteiger partial charge in [0.1, 0.15) is 0 Å². The number of hydrogen-bond acceptors (Lipinski definition) is 5. The van der Waals surface area contributed by atoms with Crippen molar-refractivity contribution in [1.82, 2.24) is 0 Å². The zero-order chi connectivity index (χ0) is 16.7. The summed E-state index contributed by atoms with van der Waals surface area (Å²) in [4.78, 5) is 14.6. The van der Waals surface area contributed by atoms with Gasteiger partial charge in [0.25, 0.3) is 5.91 Å². The zero-order valence-corrected chi connectivity index (χ0v) is 14.7. The number of carbonyl (C=O) groups excluding carboxylic acids is 1. The molecule has 24 heavy (non-hydrogen) atoms. The van der Waals surface area contributed by atoms with Crippen LogP contribution in [0.2, 0.25) is 0 Å². The summed E-state index contributed by atoms with van der Waals surface area (Å²) in [7, 11) is 0. The second-order valence-electron chi connectivity index (χ2n) is 5.15. The fourth-order valence-electron chi connectivity index (χ4n) is 2.46. The maximum Gasteiger partial charge on any atom is 0.271 e. The molecule has 1 N–H and O–H groups in total. The lowest BCUT2D eigenvalue weighted by Crippen LogP contribution is -2.28. The molecule has 120 valence electrons. The highest BCUT2D eigenvalue weighted by molar-refractivity contribution is 9.10. The summed E-state index contributed by atoms with van der Waals surface area (Å²) in [6, 6.07) is 12.9. The summed E-state index contributed by atoms with van der Waals surface area (Å²) in [5.74, 6) is 1.02. The van der Waals surface area contributed by atoms with E-state index in [9.17, 15) is 4.79 Å². The topological polar surface area (TPSA) is 62.6 Å². The molecule has 1 amide bonds. The van der Waals surface area contributed by atoms with Crippen LogP contribution in [0.3, 0.4) is 0 Å². The first-order chi connectivity index (χ1) is 11.6. The summed E-state index contributed by atoms with van der Waals surface area (Å²) in [5, 5.41) is 8.32. The first-order valence-electron chi connectivity index (χ1n) is 7.09. The Hall–Kier alpha value is -2.25. The van der Waals surface area contributed by atoms with Crippen molar-refractivity contribution in [2.24, 2.45) is 0 Å². The van der Waals surface area contributed by atoms with Crippen molar-refractivity contribution in [3.05, 3.63) is 57.4 Å². The van der Waals surface area contributed by atoms with Gasteiger partial charge in [-0.15, -0.1) is 0 Å². The summed E-state index contributed by atoms with van der Waals surface area (Å²) in [6.07, 6.45) is 1.79. The fourth-order valence-corrected chi connectivity index (χ4v) is 3.58. The molecule has 0 radical (unpaired) electrons. The maximum atomic E-state index is 12.7. The van der Waals surface area contributed by atoms with Crippen LogP contribution >= 0.6 is 27.7 Å². The van der Waals surface area contributed by atoms with Crippen LogP contribution in [0.1, 0.15) is 5.56 Å². The molecule has 0 unspecified atom stereocenters. The number of carbonyl (C=O) groups is 1. The number of hydrogen-bond donors (Lipinski definition) is 1. The number of nitrogens with zero attached hydrogens (tertiary/aromatic N) is 1. The second kappa shape index (κ2) is 5.99. The Morgan fingerprint density at radius 2 is 1.88 bits per heavy atom. The standard InChI is InChI=1S/C17H11BrN2O3S/c18-11-3-1-10(2-4-11)7-15-16(21)20(17(19)24-15)12-5-6-13-14(8-12)23-9-22-13/h1-8,19H,9H2/b15-7-,19-17?. The molecule has 2 aromatic carbocycles. The van der Waals surface area contributed by atoms with Crippen molar-refractivity contribution in [3.63, 3.8) is 0 Å². The van der Waals surface area contributed by atoms with Crippen LogP contribution in [0, 0.1) is 5.41 Å². The van der Waals surface area contributed by atoms with Gasteiger partial charge in [-0.25, -0.2) is 0 Å². The van der Waals surface area contributed by atoms with E-state index in [1.807, 2.05) is 24.3 Å². The molecule has 0 spiro atoms. The second-order valence-corrected chi connectivity index (χ2v) is 7.09. The van der Waals surface area contributed by atoms with Crippen molar-refractivity contribution in [3.8, 4) is 11.5 Å². The number of rotatable bonds is 2. The number of nitrogens with one attached hydrogen (secondary N) is 1. The van der Waals surface area contributed by atoms with Crippen LogP contribution < -0.4 is 14.4 Å². The SMILES string of the molecule is N=C1S/C(=C\c2ccc(Br)cc2)C(=O)N1c1ccc2c(c1)OCO2. The average Bonchev–Trinajstić information content (AvgIpc) is 3.14. The third-order valence-electron chi connectivity index (χ3n) is 3.61. The maximum absolute atomic E-state index is 12.7. The van der Waals surface area contributed by atoms with Crippen LogP contribution in [-0.4, -0.2) is 17.9 Å². The molecule has 0 atom stereocenters. The highest BCUT2D eigenvalue weighted by Gasteiger charge is 2.34. The van der Waals surface area contributed by atoms with Crippen molar-refractivity contribution in [1.29, 1.82) is 5.41 Å². The molecule has 4 rings (SSSR count). The molecular weight excluding hydrogens is 392 g/mol. The number of anilines is 1. The number of benzene rings is 2. The molecule has 5 nitrogen and oxygen atoms in total. The van der Waals surface area contributed by atoms with Crippen molar-refractivity contribution < 1.29 is 14.3 Å². The minimum atomic E-state index is -0.216. The van der Waals surface area contributed by atoms with Gasteiger partial charge in [-0.2, -0.15) is 0 Å². The molecule has 0 aromatic heterocycles. The summed E-state index contributed by atoms with van der Waals surface area (Å²) >= 11 is 4.53. The molecule has 2 aromatic rings. The molecule has 2 heterocycles. The number of amides is 1. The normalized spacial score (nSPS) is 17.9. The third-order valence-corrected chi connectivity index (χ3v) is 5.02. The fraction of sp³-hybridized carbons (Fsp3) is 0.0588. The van der Waals surface area contributed by atoms with Gasteiger partial charge in [-0.1, -0.05) is 28.1 Å². The van der Waals surface area contributed by atoms with E-state index < -0.39 is 0 Å². The van der Waals surface area contributed by atoms with Crippen molar-refractivity contribution in [2.75, 3.05) is 11.7 Å². The van der Waals surface area contributed by atoms with E-state index in [1.165, 1.54) is 4.90 Å². The van der Waals surface area contributed by atoms with Gasteiger partial charge in [0, 0.05) is 10.5 Å². The van der Waals surface area contributed by atoms with Gasteiger partial charge in [0.15, 0.2) is 16.7 Å². The predicted octanol–water partition coefficient (Wildman–Crippen LogP) is 4.23. The highest BCUT2D eigenvalue weighted by Crippen LogP contribution is 2.40. The number of ether oxygens (including phenoxy) is 2. The van der Waals surface area contributed by atoms with E-state index in [2.05, 4.69) is 15.9 Å². The van der Waals surface area contributed by atoms with Gasteiger partial charge < -0.3 is 9.47 Å². The van der Waals surface area contributed by atoms with Gasteiger partial charge in [0.2, 0.25) is 6.79 Å². The van der Waals surface area contributed by atoms with Crippen LogP contribution in [-0.2, 0) is 4.79 Å². The lowest BCUT2D eigenvalue weighted by Gasteiger charge is -2.14. The van der Waals surface area contributed by atoms with Gasteiger partial charge >= 0.3 is 0 Å². The van der Waals surface area contributed by atoms with Crippen LogP contribution in [0.25, 0.3) is 6.08 Å². The highest BCUT2D eigenvalue weighted by atomic mass is 79.9. The molecule has 0 bridgehead atoms. The molecule has 1 fully saturated rings. The summed E-state index contributed by atoms with van der Waals surface area (Å²) in [6.45, 7) is 0.174. The Morgan fingerprint density at radius 3 is 2.67 bits per heavy atom. The van der Waals surface area contributed by atoms with E-state index in [0.717, 1.165) is 21.8 Å². The third kappa shape index (κ3) is 2.70. The molecule has 2 aliphatic heterocycles. The van der Waals surface area contributed by atoms with E-state index in [0.29, 0.717) is 22.1 Å². The minimum absolute atomic E-state index is 0.169. The first kappa shape index (κ1) is 15.3. The monoisotopic (exact) mass is 402 g/mol. The average molecular weight is 403 g/mol. The molecular formula is C17H11BrN2O3S. The summed E-state index contributed by atoms with van der Waals surface area (Å²) in [5.41, 5.74) is 1.51.